The number of benzene rings is 2. The fourth-order valence-corrected chi connectivity index (χ4v) is 2.78. The first-order valence-electron chi connectivity index (χ1n) is 7.39. The summed E-state index contributed by atoms with van der Waals surface area (Å²) in [7, 11) is 0. The molecule has 0 aromatic heterocycles. The maximum Gasteiger partial charge on any atom is 0.116 e. The van der Waals surface area contributed by atoms with Crippen molar-refractivity contribution in [1.29, 1.82) is 0 Å². The van der Waals surface area contributed by atoms with E-state index in [0.717, 1.165) is 33.7 Å². The maximum atomic E-state index is 9.85. The number of aliphatic imine (C=N–C) groups is 2. The number of aliphatic hydroxyl groups is 1. The summed E-state index contributed by atoms with van der Waals surface area (Å²) < 4.78 is 0. The number of phenols is 1. The van der Waals surface area contributed by atoms with Crippen LogP contribution in [0.3, 0.4) is 0 Å². The number of hydrogen-bond acceptors (Lipinski definition) is 4. The molecule has 0 aliphatic heterocycles. The van der Waals surface area contributed by atoms with Gasteiger partial charge >= 0.3 is 0 Å². The number of aromatic hydroxyl groups is 1. The molecule has 112 valence electrons. The van der Waals surface area contributed by atoms with Crippen LogP contribution in [-0.2, 0) is 0 Å². The Bertz CT molecular complexity index is 763. The Kier molecular flexibility index (Phi) is 4.02. The topological polar surface area (TPSA) is 65.2 Å². The minimum absolute atomic E-state index is 0.0152. The Morgan fingerprint density at radius 3 is 2.27 bits per heavy atom. The fourth-order valence-electron chi connectivity index (χ4n) is 2.78. The lowest BCUT2D eigenvalue weighted by Gasteiger charge is -2.23. The van der Waals surface area contributed by atoms with Crippen molar-refractivity contribution in [3.63, 3.8) is 0 Å². The van der Waals surface area contributed by atoms with E-state index in [-0.39, 0.29) is 12.4 Å². The van der Waals surface area contributed by atoms with E-state index in [1.807, 2.05) is 31.2 Å². The summed E-state index contributed by atoms with van der Waals surface area (Å²) in [4.78, 5) is 9.12. The van der Waals surface area contributed by atoms with E-state index in [4.69, 9.17) is 5.11 Å². The molecular weight excluding hydrogens is 276 g/mol. The predicted molar refractivity (Wildman–Crippen MR) is 89.1 cm³/mol. The highest BCUT2D eigenvalue weighted by Crippen LogP contribution is 2.35. The lowest BCUT2D eigenvalue weighted by atomic mass is 9.82. The monoisotopic (exact) mass is 294 g/mol. The van der Waals surface area contributed by atoms with Crippen molar-refractivity contribution in [2.75, 3.05) is 19.7 Å². The highest BCUT2D eigenvalue weighted by Gasteiger charge is 2.26. The largest absolute Gasteiger partial charge is 0.508 e. The van der Waals surface area contributed by atoms with Crippen molar-refractivity contribution in [1.82, 2.24) is 0 Å². The lowest BCUT2D eigenvalue weighted by molar-refractivity contribution is 0.307. The van der Waals surface area contributed by atoms with Gasteiger partial charge in [0, 0.05) is 17.7 Å². The Hall–Kier alpha value is -2.46. The van der Waals surface area contributed by atoms with E-state index < -0.39 is 0 Å². The van der Waals surface area contributed by atoms with Gasteiger partial charge in [0.2, 0.25) is 0 Å². The van der Waals surface area contributed by atoms with Crippen LogP contribution in [0.15, 0.2) is 52.4 Å². The third kappa shape index (κ3) is 2.42. The number of phenolic OH excluding ortho intramolecular Hbond substituents is 1. The molecule has 0 saturated carbocycles. The van der Waals surface area contributed by atoms with E-state index in [9.17, 15) is 5.11 Å². The molecule has 0 spiro atoms. The first-order valence-corrected chi connectivity index (χ1v) is 7.39. The lowest BCUT2D eigenvalue weighted by Crippen LogP contribution is -2.24. The van der Waals surface area contributed by atoms with Gasteiger partial charge in [-0.15, -0.1) is 0 Å². The zero-order valence-electron chi connectivity index (χ0n) is 12.5. The molecule has 0 fully saturated rings. The van der Waals surface area contributed by atoms with Gasteiger partial charge in [0.25, 0.3) is 0 Å². The second kappa shape index (κ2) is 6.12. The Morgan fingerprint density at radius 2 is 1.55 bits per heavy atom. The van der Waals surface area contributed by atoms with Crippen LogP contribution < -0.4 is 0 Å². The van der Waals surface area contributed by atoms with Gasteiger partial charge in [-0.05, 0) is 30.2 Å². The number of aliphatic hydroxyl groups excluding tert-OH is 1. The summed E-state index contributed by atoms with van der Waals surface area (Å²) in [6.07, 6.45) is 0. The Labute approximate surface area is 129 Å². The molecule has 0 bridgehead atoms. The van der Waals surface area contributed by atoms with Crippen LogP contribution in [0.4, 0.5) is 0 Å². The molecule has 0 amide bonds. The van der Waals surface area contributed by atoms with Gasteiger partial charge in [-0.3, -0.25) is 9.98 Å². The van der Waals surface area contributed by atoms with Crippen LogP contribution in [0.5, 0.6) is 5.75 Å². The third-order valence-electron chi connectivity index (χ3n) is 3.64. The molecule has 4 nitrogen and oxygen atoms in total. The SMILES string of the molecule is CCN=C1C(=NCCO)c2cc(O)ccc2-c2ccccc21. The molecule has 0 unspecified atom stereocenters. The highest BCUT2D eigenvalue weighted by molar-refractivity contribution is 6.57. The molecule has 2 aromatic rings. The average Bonchev–Trinajstić information content (AvgIpc) is 2.54. The van der Waals surface area contributed by atoms with Crippen molar-refractivity contribution >= 4 is 11.4 Å². The molecule has 1 aliphatic carbocycles. The molecule has 3 rings (SSSR count). The number of hydrogen-bond donors (Lipinski definition) is 2. The molecule has 0 saturated heterocycles. The van der Waals surface area contributed by atoms with Crippen LogP contribution in [-0.4, -0.2) is 41.3 Å². The van der Waals surface area contributed by atoms with Crippen molar-refractivity contribution < 1.29 is 10.2 Å². The van der Waals surface area contributed by atoms with Crippen LogP contribution >= 0.6 is 0 Å². The molecule has 0 heterocycles. The number of rotatable bonds is 3. The van der Waals surface area contributed by atoms with Gasteiger partial charge in [-0.25, -0.2) is 0 Å². The summed E-state index contributed by atoms with van der Waals surface area (Å²) in [5.41, 5.74) is 5.58. The molecule has 0 atom stereocenters. The van der Waals surface area contributed by atoms with Gasteiger partial charge in [-0.1, -0.05) is 30.3 Å². The minimum Gasteiger partial charge on any atom is -0.508 e. The van der Waals surface area contributed by atoms with E-state index in [2.05, 4.69) is 16.1 Å². The summed E-state index contributed by atoms with van der Waals surface area (Å²) >= 11 is 0. The zero-order valence-corrected chi connectivity index (χ0v) is 12.5. The summed E-state index contributed by atoms with van der Waals surface area (Å²) in [6.45, 7) is 2.93. The Morgan fingerprint density at radius 1 is 0.864 bits per heavy atom. The maximum absolute atomic E-state index is 9.85. The zero-order chi connectivity index (χ0) is 15.5. The van der Waals surface area contributed by atoms with Crippen LogP contribution in [0.1, 0.15) is 18.1 Å². The molecule has 2 aromatic carbocycles. The van der Waals surface area contributed by atoms with Gasteiger partial charge in [0.1, 0.15) is 5.75 Å². The minimum atomic E-state index is -0.0152. The highest BCUT2D eigenvalue weighted by atomic mass is 16.3. The smallest absolute Gasteiger partial charge is 0.116 e. The van der Waals surface area contributed by atoms with Gasteiger partial charge in [-0.2, -0.15) is 0 Å². The predicted octanol–water partition coefficient (Wildman–Crippen LogP) is 2.66. The van der Waals surface area contributed by atoms with Crippen LogP contribution in [0.2, 0.25) is 0 Å². The summed E-state index contributed by atoms with van der Waals surface area (Å²) in [5, 5.41) is 19.0. The normalized spacial score (nSPS) is 16.6. The Balaban J connectivity index is 2.32. The van der Waals surface area contributed by atoms with Crippen LogP contribution in [0, 0.1) is 0 Å². The first kappa shape index (κ1) is 14.5. The van der Waals surface area contributed by atoms with Crippen LogP contribution in [0.25, 0.3) is 11.1 Å². The van der Waals surface area contributed by atoms with Crippen molar-refractivity contribution in [2.24, 2.45) is 9.98 Å². The van der Waals surface area contributed by atoms with E-state index in [1.54, 1.807) is 12.1 Å². The van der Waals surface area contributed by atoms with E-state index in [0.29, 0.717) is 13.1 Å². The third-order valence-corrected chi connectivity index (χ3v) is 3.64. The molecule has 1 aliphatic rings. The van der Waals surface area contributed by atoms with Crippen molar-refractivity contribution in [3.8, 4) is 16.9 Å². The molecule has 0 radical (unpaired) electrons. The molecule has 22 heavy (non-hydrogen) atoms. The first-order chi connectivity index (χ1) is 10.8. The van der Waals surface area contributed by atoms with Gasteiger partial charge in [0.05, 0.1) is 24.6 Å². The fraction of sp³-hybridized carbons (Fsp3) is 0.222. The second-order valence-electron chi connectivity index (χ2n) is 5.05. The number of fused-ring (bicyclic) bond motifs is 3. The van der Waals surface area contributed by atoms with Gasteiger partial charge in [0.15, 0.2) is 0 Å². The number of nitrogens with zero attached hydrogens (tertiary/aromatic N) is 2. The second-order valence-corrected chi connectivity index (χ2v) is 5.05. The average molecular weight is 294 g/mol. The molecule has 2 N–H and O–H groups in total. The quantitative estimate of drug-likeness (QED) is 0.914. The van der Waals surface area contributed by atoms with E-state index in [1.165, 1.54) is 0 Å². The van der Waals surface area contributed by atoms with E-state index >= 15 is 0 Å². The molecule has 4 heteroatoms. The van der Waals surface area contributed by atoms with Gasteiger partial charge < -0.3 is 10.2 Å². The van der Waals surface area contributed by atoms with Crippen molar-refractivity contribution in [3.05, 3.63) is 53.6 Å². The molecular formula is C18H18N2O2. The summed E-state index contributed by atoms with van der Waals surface area (Å²) in [6, 6.07) is 13.4. The standard InChI is InChI=1S/C18H18N2O2/c1-2-19-17-15-6-4-3-5-13(15)14-8-7-12(22)11-16(14)18(17)20-9-10-21/h3-8,11,21-22H,2,9-10H2,1H3. The van der Waals surface area contributed by atoms with Crippen molar-refractivity contribution in [2.45, 2.75) is 6.92 Å². The summed E-state index contributed by atoms with van der Waals surface area (Å²) in [5.74, 6) is 0.200.